The molecule has 0 aromatic heterocycles. The van der Waals surface area contributed by atoms with E-state index in [0.717, 1.165) is 0 Å². The molecule has 1 saturated heterocycles. The molecule has 0 bridgehead atoms. The van der Waals surface area contributed by atoms with Crippen LogP contribution < -0.4 is 0 Å². The zero-order chi connectivity index (χ0) is 7.03. The summed E-state index contributed by atoms with van der Waals surface area (Å²) in [5, 5.41) is 0. The fraction of sp³-hybridized carbons (Fsp3) is 0.750. The molecule has 0 nitrogen and oxygen atoms in total. The highest BCUT2D eigenvalue weighted by Crippen LogP contribution is 2.52. The van der Waals surface area contributed by atoms with Crippen molar-refractivity contribution < 1.29 is 0 Å². The lowest BCUT2D eigenvalue weighted by Gasteiger charge is -2.16. The summed E-state index contributed by atoms with van der Waals surface area (Å²) in [5.74, 6) is 2.71. The van der Waals surface area contributed by atoms with E-state index in [0.29, 0.717) is 4.08 Å². The Labute approximate surface area is 70.8 Å². The van der Waals surface area contributed by atoms with Gasteiger partial charge in [-0.25, -0.2) is 0 Å². The molecule has 56 valence electrons. The molecule has 10 heavy (non-hydrogen) atoms. The topological polar surface area (TPSA) is 0 Å². The molecule has 0 unspecified atom stereocenters. The zero-order valence-corrected chi connectivity index (χ0v) is 7.86. The molecule has 0 amide bonds. The van der Waals surface area contributed by atoms with Crippen LogP contribution in [-0.2, 0) is 0 Å². The smallest absolute Gasteiger partial charge is 0.0797 e. The van der Waals surface area contributed by atoms with E-state index in [2.05, 4.69) is 36.5 Å². The van der Waals surface area contributed by atoms with Gasteiger partial charge in [0.1, 0.15) is 0 Å². The van der Waals surface area contributed by atoms with Gasteiger partial charge < -0.3 is 0 Å². The molecule has 2 heteroatoms. The maximum Gasteiger partial charge on any atom is 0.0797 e. The molecule has 0 aromatic carbocycles. The van der Waals surface area contributed by atoms with Gasteiger partial charge in [-0.1, -0.05) is 11.6 Å². The van der Waals surface area contributed by atoms with E-state index in [-0.39, 0.29) is 0 Å². The molecular formula is C8H12S2. The zero-order valence-electron chi connectivity index (χ0n) is 6.22. The first-order chi connectivity index (χ1) is 4.81. The fourth-order valence-electron chi connectivity index (χ4n) is 1.59. The number of allylic oxidation sites excluding steroid dienone is 1. The largest absolute Gasteiger partial charge is 0.139 e. The fourth-order valence-corrected chi connectivity index (χ4v) is 4.84. The number of hydrogen-bond acceptors (Lipinski definition) is 2. The van der Waals surface area contributed by atoms with E-state index in [1.54, 1.807) is 5.57 Å². The van der Waals surface area contributed by atoms with Gasteiger partial charge in [-0.15, -0.1) is 23.5 Å². The average Bonchev–Trinajstić information content (AvgIpc) is 2.46. The number of rotatable bonds is 0. The third-order valence-corrected chi connectivity index (χ3v) is 5.51. The SMILES string of the molecule is CC1=CC2(CC1)SCCS2. The minimum absolute atomic E-state index is 0.532. The van der Waals surface area contributed by atoms with Gasteiger partial charge in [0.15, 0.2) is 0 Å². The first-order valence-corrected chi connectivity index (χ1v) is 5.74. The minimum atomic E-state index is 0.532. The molecule has 0 aromatic rings. The molecule has 1 fully saturated rings. The second-order valence-corrected chi connectivity index (χ2v) is 6.11. The normalized spacial score (nSPS) is 29.5. The van der Waals surface area contributed by atoms with E-state index < -0.39 is 0 Å². The van der Waals surface area contributed by atoms with Gasteiger partial charge in [0.05, 0.1) is 4.08 Å². The maximum absolute atomic E-state index is 2.48. The van der Waals surface area contributed by atoms with Crippen molar-refractivity contribution in [3.63, 3.8) is 0 Å². The lowest BCUT2D eigenvalue weighted by molar-refractivity contribution is 0.886. The van der Waals surface area contributed by atoms with Gasteiger partial charge >= 0.3 is 0 Å². The second-order valence-electron chi connectivity index (χ2n) is 3.00. The molecule has 0 saturated carbocycles. The van der Waals surface area contributed by atoms with Crippen molar-refractivity contribution in [2.45, 2.75) is 23.8 Å². The first-order valence-electron chi connectivity index (χ1n) is 3.77. The quantitative estimate of drug-likeness (QED) is 0.515. The van der Waals surface area contributed by atoms with Crippen molar-refractivity contribution in [2.24, 2.45) is 0 Å². The lowest BCUT2D eigenvalue weighted by atomic mass is 10.3. The highest BCUT2D eigenvalue weighted by molar-refractivity contribution is 8.21. The standard InChI is InChI=1S/C8H12S2/c1-7-2-3-8(6-7)9-4-5-10-8/h6H,2-5H2,1H3. The first kappa shape index (κ1) is 7.11. The minimum Gasteiger partial charge on any atom is -0.139 e. The summed E-state index contributed by atoms with van der Waals surface area (Å²) in [6.07, 6.45) is 5.20. The van der Waals surface area contributed by atoms with E-state index >= 15 is 0 Å². The van der Waals surface area contributed by atoms with Crippen molar-refractivity contribution >= 4 is 23.5 Å². The van der Waals surface area contributed by atoms with Gasteiger partial charge in [0.25, 0.3) is 0 Å². The maximum atomic E-state index is 2.48. The summed E-state index contributed by atoms with van der Waals surface area (Å²) in [7, 11) is 0. The summed E-state index contributed by atoms with van der Waals surface area (Å²) in [6.45, 7) is 2.26. The van der Waals surface area contributed by atoms with Crippen LogP contribution in [0.1, 0.15) is 19.8 Å². The Hall–Kier alpha value is 0.440. The molecule has 1 aliphatic carbocycles. The van der Waals surface area contributed by atoms with Crippen molar-refractivity contribution in [1.82, 2.24) is 0 Å². The van der Waals surface area contributed by atoms with Crippen molar-refractivity contribution in [3.05, 3.63) is 11.6 Å². The molecule has 2 aliphatic rings. The van der Waals surface area contributed by atoms with Crippen LogP contribution in [0.3, 0.4) is 0 Å². The molecule has 0 atom stereocenters. The van der Waals surface area contributed by atoms with Gasteiger partial charge in [-0.3, -0.25) is 0 Å². The van der Waals surface area contributed by atoms with E-state index in [1.807, 2.05) is 0 Å². The Balaban J connectivity index is 2.16. The second kappa shape index (κ2) is 2.49. The van der Waals surface area contributed by atoms with Gasteiger partial charge in [0.2, 0.25) is 0 Å². The Kier molecular flexibility index (Phi) is 1.77. The summed E-state index contributed by atoms with van der Waals surface area (Å²) in [6, 6.07) is 0. The number of hydrogen-bond donors (Lipinski definition) is 0. The van der Waals surface area contributed by atoms with Crippen LogP contribution in [-0.4, -0.2) is 15.6 Å². The van der Waals surface area contributed by atoms with Crippen LogP contribution in [0.4, 0.5) is 0 Å². The van der Waals surface area contributed by atoms with E-state index in [4.69, 9.17) is 0 Å². The highest BCUT2D eigenvalue weighted by atomic mass is 32.2. The van der Waals surface area contributed by atoms with Crippen LogP contribution in [0.25, 0.3) is 0 Å². The Bertz CT molecular complexity index is 166. The van der Waals surface area contributed by atoms with Crippen molar-refractivity contribution in [1.29, 1.82) is 0 Å². The molecular weight excluding hydrogens is 160 g/mol. The van der Waals surface area contributed by atoms with E-state index in [1.165, 1.54) is 24.3 Å². The predicted molar refractivity (Wildman–Crippen MR) is 50.6 cm³/mol. The van der Waals surface area contributed by atoms with Crippen LogP contribution in [0.15, 0.2) is 11.6 Å². The summed E-state index contributed by atoms with van der Waals surface area (Å²) in [4.78, 5) is 0. The Morgan fingerprint density at radius 2 is 2.10 bits per heavy atom. The molecule has 1 aliphatic heterocycles. The Morgan fingerprint density at radius 3 is 2.60 bits per heavy atom. The monoisotopic (exact) mass is 172 g/mol. The van der Waals surface area contributed by atoms with E-state index in [9.17, 15) is 0 Å². The Morgan fingerprint density at radius 1 is 1.40 bits per heavy atom. The summed E-state index contributed by atoms with van der Waals surface area (Å²) in [5.41, 5.74) is 1.60. The third-order valence-electron chi connectivity index (χ3n) is 2.11. The van der Waals surface area contributed by atoms with Crippen LogP contribution in [0.5, 0.6) is 0 Å². The molecule has 2 rings (SSSR count). The lowest BCUT2D eigenvalue weighted by Crippen LogP contribution is -2.07. The number of thioether (sulfide) groups is 2. The van der Waals surface area contributed by atoms with Crippen LogP contribution in [0, 0.1) is 0 Å². The highest BCUT2D eigenvalue weighted by Gasteiger charge is 2.36. The van der Waals surface area contributed by atoms with Crippen molar-refractivity contribution in [3.8, 4) is 0 Å². The average molecular weight is 172 g/mol. The molecule has 0 N–H and O–H groups in total. The van der Waals surface area contributed by atoms with Gasteiger partial charge in [0, 0.05) is 11.5 Å². The molecule has 1 heterocycles. The summed E-state index contributed by atoms with van der Waals surface area (Å²) >= 11 is 4.29. The third kappa shape index (κ3) is 1.12. The predicted octanol–water partition coefficient (Wildman–Crippen LogP) is 2.90. The van der Waals surface area contributed by atoms with Gasteiger partial charge in [-0.05, 0) is 19.8 Å². The summed E-state index contributed by atoms with van der Waals surface area (Å²) < 4.78 is 0.532. The van der Waals surface area contributed by atoms with Crippen LogP contribution >= 0.6 is 23.5 Å². The molecule has 1 spiro atoms. The van der Waals surface area contributed by atoms with Gasteiger partial charge in [-0.2, -0.15) is 0 Å². The molecule has 0 radical (unpaired) electrons. The van der Waals surface area contributed by atoms with Crippen molar-refractivity contribution in [2.75, 3.05) is 11.5 Å². The van der Waals surface area contributed by atoms with Crippen LogP contribution in [0.2, 0.25) is 0 Å².